The second-order valence-electron chi connectivity index (χ2n) is 8.16. The molecule has 1 saturated heterocycles. The number of rotatable bonds is 9. The summed E-state index contributed by atoms with van der Waals surface area (Å²) in [6.07, 6.45) is 0.876. The highest BCUT2D eigenvalue weighted by Crippen LogP contribution is 2.30. The molecule has 0 radical (unpaired) electrons. The third kappa shape index (κ3) is 4.69. The lowest BCUT2D eigenvalue weighted by Gasteiger charge is -2.25. The van der Waals surface area contributed by atoms with Crippen LogP contribution in [0.25, 0.3) is 10.9 Å². The first-order valence-corrected chi connectivity index (χ1v) is 11.2. The second-order valence-corrected chi connectivity index (χ2v) is 8.16. The molecule has 2 N–H and O–H groups in total. The van der Waals surface area contributed by atoms with Crippen molar-refractivity contribution in [3.05, 3.63) is 80.2 Å². The Labute approximate surface area is 189 Å². The number of halogens is 2. The highest BCUT2D eigenvalue weighted by molar-refractivity contribution is 5.79. The van der Waals surface area contributed by atoms with Crippen molar-refractivity contribution in [1.29, 1.82) is 0 Å². The van der Waals surface area contributed by atoms with Gasteiger partial charge >= 0.3 is 5.69 Å². The van der Waals surface area contributed by atoms with Crippen molar-refractivity contribution in [2.75, 3.05) is 26.3 Å². The molecule has 0 bridgehead atoms. The summed E-state index contributed by atoms with van der Waals surface area (Å²) < 4.78 is 30.4. The van der Waals surface area contributed by atoms with Crippen molar-refractivity contribution in [1.82, 2.24) is 19.9 Å². The van der Waals surface area contributed by atoms with Crippen LogP contribution in [0.3, 0.4) is 0 Å². The number of hydrogen-bond acceptors (Lipinski definition) is 5. The van der Waals surface area contributed by atoms with Gasteiger partial charge in [-0.05, 0) is 49.7 Å². The third-order valence-electron chi connectivity index (χ3n) is 6.07. The Hall–Kier alpha value is -3.04. The van der Waals surface area contributed by atoms with E-state index in [1.54, 1.807) is 24.3 Å². The zero-order valence-electron chi connectivity index (χ0n) is 18.5. The van der Waals surface area contributed by atoms with Crippen molar-refractivity contribution in [3.63, 3.8) is 0 Å². The van der Waals surface area contributed by atoms with Gasteiger partial charge in [-0.2, -0.15) is 0 Å². The van der Waals surface area contributed by atoms with E-state index >= 15 is 4.39 Å². The Morgan fingerprint density at radius 2 is 2.03 bits per heavy atom. The number of fused-ring (bicyclic) bond motifs is 1. The maximum atomic E-state index is 15.3. The molecule has 1 aliphatic rings. The lowest BCUT2D eigenvalue weighted by Crippen LogP contribution is -2.44. The van der Waals surface area contributed by atoms with Gasteiger partial charge in [-0.1, -0.05) is 42.0 Å². The van der Waals surface area contributed by atoms with E-state index in [1.807, 2.05) is 13.0 Å². The summed E-state index contributed by atoms with van der Waals surface area (Å²) in [5.74, 6) is -0.384. The molecular formula is C24H28F2N4O3. The molecule has 0 aliphatic carbocycles. The molecule has 7 nitrogen and oxygen atoms in total. The number of nitrogens with one attached hydrogen (secondary N) is 2. The monoisotopic (exact) mass is 458 g/mol. The molecule has 1 aliphatic heterocycles. The van der Waals surface area contributed by atoms with E-state index in [-0.39, 0.29) is 36.0 Å². The molecule has 9 heteroatoms. The summed E-state index contributed by atoms with van der Waals surface area (Å²) in [4.78, 5) is 31.7. The summed E-state index contributed by atoms with van der Waals surface area (Å²) in [7, 11) is 0. The van der Waals surface area contributed by atoms with Crippen molar-refractivity contribution in [3.8, 4) is 0 Å². The van der Waals surface area contributed by atoms with E-state index in [0.29, 0.717) is 16.8 Å². The van der Waals surface area contributed by atoms with E-state index in [1.165, 1.54) is 6.07 Å². The van der Waals surface area contributed by atoms with Gasteiger partial charge in [0.2, 0.25) is 0 Å². The van der Waals surface area contributed by atoms with Crippen LogP contribution in [0.1, 0.15) is 30.5 Å². The summed E-state index contributed by atoms with van der Waals surface area (Å²) in [5, 5.41) is 6.58. The molecule has 0 amide bonds. The Morgan fingerprint density at radius 3 is 2.70 bits per heavy atom. The van der Waals surface area contributed by atoms with Crippen LogP contribution in [0.2, 0.25) is 0 Å². The number of nitrogens with zero attached hydrogens (tertiary/aromatic N) is 2. The van der Waals surface area contributed by atoms with Crippen molar-refractivity contribution >= 4 is 10.9 Å². The first-order valence-electron chi connectivity index (χ1n) is 11.2. The minimum absolute atomic E-state index is 0.0304. The van der Waals surface area contributed by atoms with Crippen LogP contribution in [-0.4, -0.2) is 35.6 Å². The fourth-order valence-corrected chi connectivity index (χ4v) is 4.46. The van der Waals surface area contributed by atoms with Gasteiger partial charge < -0.3 is 15.5 Å². The molecule has 2 aromatic carbocycles. The molecule has 1 fully saturated rings. The zero-order chi connectivity index (χ0) is 23.4. The predicted molar refractivity (Wildman–Crippen MR) is 123 cm³/mol. The topological polar surface area (TPSA) is 77.3 Å². The molecule has 2 atom stereocenters. The molecule has 3 aromatic rings. The van der Waals surface area contributed by atoms with Gasteiger partial charge in [-0.3, -0.25) is 9.36 Å². The average Bonchev–Trinajstić information content (AvgIpc) is 3.36. The molecule has 2 unspecified atom stereocenters. The molecule has 33 heavy (non-hydrogen) atoms. The zero-order valence-corrected chi connectivity index (χ0v) is 18.5. The van der Waals surface area contributed by atoms with Crippen LogP contribution in [0.15, 0.2) is 52.1 Å². The molecule has 1 aromatic heterocycles. The number of aromatic nitrogens is 2. The number of hydrogen-bond donors (Lipinski definition) is 2. The predicted octanol–water partition coefficient (Wildman–Crippen LogP) is 2.16. The lowest BCUT2D eigenvalue weighted by molar-refractivity contribution is 0.0770. The van der Waals surface area contributed by atoms with Crippen LogP contribution in [0.4, 0.5) is 8.78 Å². The van der Waals surface area contributed by atoms with E-state index in [4.69, 9.17) is 4.84 Å². The summed E-state index contributed by atoms with van der Waals surface area (Å²) in [6, 6.07) is 11.4. The van der Waals surface area contributed by atoms with Crippen LogP contribution >= 0.6 is 0 Å². The molecular weight excluding hydrogens is 430 g/mol. The smallest absolute Gasteiger partial charge is 0.365 e. The van der Waals surface area contributed by atoms with Gasteiger partial charge in [0, 0.05) is 11.6 Å². The standard InChI is InChI=1S/C24H28F2N4O3/c1-2-28-22(17-8-10-27-14-17)18-13-21-19(12-20(18)26)23(31)30(24(32)29(21)11-9-25)33-15-16-6-4-3-5-7-16/h3-7,12-13,17,22,27-28H,2,8-11,14-15H2,1H3. The Bertz CT molecular complexity index is 1220. The highest BCUT2D eigenvalue weighted by atomic mass is 19.1. The maximum absolute atomic E-state index is 15.3. The molecule has 0 saturated carbocycles. The van der Waals surface area contributed by atoms with Crippen LogP contribution < -0.4 is 26.7 Å². The lowest BCUT2D eigenvalue weighted by atomic mass is 9.91. The van der Waals surface area contributed by atoms with Gasteiger partial charge in [0.05, 0.1) is 17.4 Å². The minimum Gasteiger partial charge on any atom is -0.401 e. The van der Waals surface area contributed by atoms with E-state index < -0.39 is 23.7 Å². The Kier molecular flexibility index (Phi) is 7.20. The fraction of sp³-hybridized carbons (Fsp3) is 0.417. The fourth-order valence-electron chi connectivity index (χ4n) is 4.46. The van der Waals surface area contributed by atoms with Gasteiger partial charge in [-0.25, -0.2) is 13.6 Å². The largest absolute Gasteiger partial charge is 0.401 e. The number of aryl methyl sites for hydroxylation is 1. The number of benzene rings is 2. The van der Waals surface area contributed by atoms with Crippen LogP contribution in [0, 0.1) is 11.7 Å². The Balaban J connectivity index is 1.83. The summed E-state index contributed by atoms with van der Waals surface area (Å²) in [5.41, 5.74) is -0.240. The SMILES string of the molecule is CCNC(c1cc2c(cc1F)c(=O)n(OCc1ccccc1)c(=O)n2CCF)C1CCNC1. The van der Waals surface area contributed by atoms with Crippen molar-refractivity contribution in [2.45, 2.75) is 32.5 Å². The minimum atomic E-state index is -0.818. The van der Waals surface area contributed by atoms with E-state index in [9.17, 15) is 14.0 Å². The van der Waals surface area contributed by atoms with Gasteiger partial charge in [0.1, 0.15) is 19.1 Å². The first-order chi connectivity index (χ1) is 16.0. The molecule has 4 rings (SSSR count). The van der Waals surface area contributed by atoms with Gasteiger partial charge in [-0.15, -0.1) is 0 Å². The molecule has 176 valence electrons. The first kappa shape index (κ1) is 23.1. The summed E-state index contributed by atoms with van der Waals surface area (Å²) in [6.45, 7) is 3.03. The van der Waals surface area contributed by atoms with Crippen LogP contribution in [0.5, 0.6) is 0 Å². The van der Waals surface area contributed by atoms with E-state index in [0.717, 1.165) is 35.7 Å². The Morgan fingerprint density at radius 1 is 1.24 bits per heavy atom. The molecule has 2 heterocycles. The van der Waals surface area contributed by atoms with E-state index in [2.05, 4.69) is 10.6 Å². The quantitative estimate of drug-likeness (QED) is 0.514. The molecule has 0 spiro atoms. The highest BCUT2D eigenvalue weighted by Gasteiger charge is 2.29. The van der Waals surface area contributed by atoms with Crippen molar-refractivity contribution < 1.29 is 13.6 Å². The van der Waals surface area contributed by atoms with Crippen LogP contribution in [-0.2, 0) is 13.2 Å². The normalized spacial score (nSPS) is 16.9. The number of alkyl halides is 1. The van der Waals surface area contributed by atoms with Crippen molar-refractivity contribution in [2.24, 2.45) is 5.92 Å². The second kappa shape index (κ2) is 10.3. The van der Waals surface area contributed by atoms with Gasteiger partial charge in [0.25, 0.3) is 5.56 Å². The summed E-state index contributed by atoms with van der Waals surface area (Å²) >= 11 is 0. The van der Waals surface area contributed by atoms with Gasteiger partial charge in [0.15, 0.2) is 0 Å². The average molecular weight is 459 g/mol. The maximum Gasteiger partial charge on any atom is 0.365 e. The third-order valence-corrected chi connectivity index (χ3v) is 6.07.